The van der Waals surface area contributed by atoms with E-state index in [2.05, 4.69) is 4.74 Å². The van der Waals surface area contributed by atoms with Gasteiger partial charge in [-0.1, -0.05) is 0 Å². The van der Waals surface area contributed by atoms with E-state index in [0.29, 0.717) is 0 Å². The number of hydrogen-bond acceptors (Lipinski definition) is 5. The number of ether oxygens (including phenoxy) is 1. The summed E-state index contributed by atoms with van der Waals surface area (Å²) in [6.45, 7) is 0. The number of rotatable bonds is 3. The Kier molecular flexibility index (Phi) is 3.02. The fourth-order valence-electron chi connectivity index (χ4n) is 1.18. The molecule has 0 fully saturated rings. The van der Waals surface area contributed by atoms with Crippen molar-refractivity contribution in [3.63, 3.8) is 0 Å². The monoisotopic (exact) mass is 232 g/mol. The summed E-state index contributed by atoms with van der Waals surface area (Å²) in [5.74, 6) is -3.78. The van der Waals surface area contributed by atoms with E-state index in [9.17, 15) is 23.7 Å². The zero-order valence-corrected chi connectivity index (χ0v) is 7.99. The van der Waals surface area contributed by atoms with Gasteiger partial charge in [0.2, 0.25) is 0 Å². The van der Waals surface area contributed by atoms with Crippen LogP contribution in [0.2, 0.25) is 0 Å². The van der Waals surface area contributed by atoms with Crippen molar-refractivity contribution in [2.75, 3.05) is 12.8 Å². The Bertz CT molecular complexity index is 476. The molecule has 0 saturated heterocycles. The predicted octanol–water partition coefficient (Wildman–Crippen LogP) is 1.28. The largest absolute Gasteiger partial charge is 0.491 e. The van der Waals surface area contributed by atoms with E-state index in [1.54, 1.807) is 0 Å². The first-order valence-corrected chi connectivity index (χ1v) is 3.89. The first-order valence-electron chi connectivity index (χ1n) is 3.89. The summed E-state index contributed by atoms with van der Waals surface area (Å²) in [6.07, 6.45) is -0.119. The fraction of sp³-hybridized carbons (Fsp3) is 0.125. The average molecular weight is 232 g/mol. The Balaban J connectivity index is 3.77. The molecule has 1 aromatic rings. The molecule has 0 aliphatic rings. The van der Waals surface area contributed by atoms with Crippen LogP contribution in [0.5, 0.6) is 5.75 Å². The van der Waals surface area contributed by atoms with Gasteiger partial charge in [0.05, 0.1) is 12.0 Å². The van der Waals surface area contributed by atoms with E-state index >= 15 is 0 Å². The van der Waals surface area contributed by atoms with Crippen LogP contribution in [0.4, 0.5) is 20.2 Å². The van der Waals surface area contributed by atoms with Crippen LogP contribution in [0.1, 0.15) is 10.4 Å². The zero-order valence-electron chi connectivity index (χ0n) is 7.99. The normalized spacial score (nSPS) is 9.94. The number of nitrogens with zero attached hydrogens (tertiary/aromatic N) is 1. The summed E-state index contributed by atoms with van der Waals surface area (Å²) < 4.78 is 31.0. The first kappa shape index (κ1) is 11.8. The Morgan fingerprint density at radius 1 is 1.44 bits per heavy atom. The molecule has 0 atom stereocenters. The van der Waals surface area contributed by atoms with Crippen LogP contribution < -0.4 is 10.5 Å². The Morgan fingerprint density at radius 3 is 2.38 bits per heavy atom. The maximum Gasteiger partial charge on any atom is 0.308 e. The van der Waals surface area contributed by atoms with Gasteiger partial charge in [0, 0.05) is 0 Å². The SMILES string of the molecule is COc1c(F)c(N)c([N+](=O)[O-])c(C=O)c1F. The van der Waals surface area contributed by atoms with Crippen molar-refractivity contribution in [2.45, 2.75) is 0 Å². The second-order valence-corrected chi connectivity index (χ2v) is 2.71. The Labute approximate surface area is 87.8 Å². The lowest BCUT2D eigenvalue weighted by atomic mass is 10.1. The minimum absolute atomic E-state index is 0.119. The lowest BCUT2D eigenvalue weighted by Crippen LogP contribution is -2.08. The Morgan fingerprint density at radius 2 is 2.00 bits per heavy atom. The number of nitrogen functional groups attached to an aromatic ring is 1. The molecular formula is C8H6F2N2O4. The topological polar surface area (TPSA) is 95.5 Å². The van der Waals surface area contributed by atoms with Crippen molar-refractivity contribution in [2.24, 2.45) is 0 Å². The standard InChI is InChI=1S/C8H6F2N2O4/c1-16-8-4(9)3(2-13)7(12(14)15)6(11)5(8)10/h2H,11H2,1H3. The van der Waals surface area contributed by atoms with E-state index < -0.39 is 39.2 Å². The highest BCUT2D eigenvalue weighted by atomic mass is 19.1. The number of aldehydes is 1. The minimum Gasteiger partial charge on any atom is -0.491 e. The number of carbonyl (C=O) groups excluding carboxylic acids is 1. The van der Waals surface area contributed by atoms with Crippen molar-refractivity contribution < 1.29 is 23.2 Å². The zero-order chi connectivity index (χ0) is 12.5. The van der Waals surface area contributed by atoms with Gasteiger partial charge in [0.1, 0.15) is 5.56 Å². The summed E-state index contributed by atoms with van der Waals surface area (Å²) in [5, 5.41) is 10.5. The molecule has 6 nitrogen and oxygen atoms in total. The molecule has 1 aromatic carbocycles. The maximum absolute atomic E-state index is 13.4. The van der Waals surface area contributed by atoms with E-state index in [0.717, 1.165) is 7.11 Å². The smallest absolute Gasteiger partial charge is 0.308 e. The second-order valence-electron chi connectivity index (χ2n) is 2.71. The summed E-state index contributed by atoms with van der Waals surface area (Å²) in [6, 6.07) is 0. The van der Waals surface area contributed by atoms with Crippen LogP contribution >= 0.6 is 0 Å². The van der Waals surface area contributed by atoms with E-state index in [-0.39, 0.29) is 6.29 Å². The molecule has 16 heavy (non-hydrogen) atoms. The van der Waals surface area contributed by atoms with E-state index in [1.165, 1.54) is 0 Å². The van der Waals surface area contributed by atoms with Crippen molar-refractivity contribution >= 4 is 17.7 Å². The molecule has 0 radical (unpaired) electrons. The summed E-state index contributed by atoms with van der Waals surface area (Å²) in [4.78, 5) is 19.9. The average Bonchev–Trinajstić information content (AvgIpc) is 2.23. The van der Waals surface area contributed by atoms with Crippen LogP contribution in [0.3, 0.4) is 0 Å². The molecule has 0 unspecified atom stereocenters. The third-order valence-electron chi connectivity index (χ3n) is 1.89. The molecule has 0 aromatic heterocycles. The number of benzene rings is 1. The molecule has 86 valence electrons. The number of methoxy groups -OCH3 is 1. The fourth-order valence-corrected chi connectivity index (χ4v) is 1.18. The molecule has 1 rings (SSSR count). The van der Waals surface area contributed by atoms with Crippen LogP contribution in [-0.2, 0) is 0 Å². The Hall–Kier alpha value is -2.25. The lowest BCUT2D eigenvalue weighted by Gasteiger charge is -2.08. The van der Waals surface area contributed by atoms with Crippen LogP contribution in [0.25, 0.3) is 0 Å². The second kappa shape index (κ2) is 4.09. The van der Waals surface area contributed by atoms with Gasteiger partial charge < -0.3 is 10.5 Å². The van der Waals surface area contributed by atoms with Gasteiger partial charge in [-0.25, -0.2) is 8.78 Å². The van der Waals surface area contributed by atoms with Gasteiger partial charge in [-0.05, 0) is 0 Å². The molecule has 0 saturated carbocycles. The van der Waals surface area contributed by atoms with Crippen molar-refractivity contribution in [3.8, 4) is 5.75 Å². The number of hydrogen-bond donors (Lipinski definition) is 1. The number of carbonyl (C=O) groups is 1. The highest BCUT2D eigenvalue weighted by molar-refractivity contribution is 5.88. The number of anilines is 1. The van der Waals surface area contributed by atoms with Gasteiger partial charge in [-0.2, -0.15) is 0 Å². The third kappa shape index (κ3) is 1.53. The van der Waals surface area contributed by atoms with Crippen molar-refractivity contribution in [1.82, 2.24) is 0 Å². The number of nitro groups is 1. The molecule has 0 heterocycles. The molecule has 0 aliphatic carbocycles. The molecule has 8 heteroatoms. The maximum atomic E-state index is 13.4. The predicted molar refractivity (Wildman–Crippen MR) is 49.4 cm³/mol. The number of halogens is 2. The molecule has 0 amide bonds. The van der Waals surface area contributed by atoms with Gasteiger partial charge in [0.25, 0.3) is 0 Å². The third-order valence-corrected chi connectivity index (χ3v) is 1.89. The highest BCUT2D eigenvalue weighted by Crippen LogP contribution is 2.37. The molecule has 2 N–H and O–H groups in total. The summed E-state index contributed by atoms with van der Waals surface area (Å²) in [7, 11) is 0.946. The first-order chi connectivity index (χ1) is 7.45. The van der Waals surface area contributed by atoms with Gasteiger partial charge in [-0.15, -0.1) is 0 Å². The van der Waals surface area contributed by atoms with Gasteiger partial charge in [0.15, 0.2) is 29.4 Å². The van der Waals surface area contributed by atoms with E-state index in [4.69, 9.17) is 5.73 Å². The van der Waals surface area contributed by atoms with E-state index in [1.807, 2.05) is 0 Å². The summed E-state index contributed by atoms with van der Waals surface area (Å²) >= 11 is 0. The number of nitrogens with two attached hydrogens (primary N) is 1. The van der Waals surface area contributed by atoms with Crippen LogP contribution in [-0.4, -0.2) is 18.3 Å². The van der Waals surface area contributed by atoms with Gasteiger partial charge in [-0.3, -0.25) is 14.9 Å². The van der Waals surface area contributed by atoms with Crippen molar-refractivity contribution in [1.29, 1.82) is 0 Å². The van der Waals surface area contributed by atoms with Crippen molar-refractivity contribution in [3.05, 3.63) is 27.3 Å². The molecular weight excluding hydrogens is 226 g/mol. The van der Waals surface area contributed by atoms with Gasteiger partial charge >= 0.3 is 5.69 Å². The molecule has 0 aliphatic heterocycles. The quantitative estimate of drug-likeness (QED) is 0.366. The summed E-state index contributed by atoms with van der Waals surface area (Å²) in [5.41, 5.74) is 2.09. The molecule has 0 spiro atoms. The van der Waals surface area contributed by atoms with Crippen LogP contribution in [0, 0.1) is 21.7 Å². The van der Waals surface area contributed by atoms with Crippen LogP contribution in [0.15, 0.2) is 0 Å². The number of nitro benzene ring substituents is 1. The minimum atomic E-state index is -1.45. The molecule has 0 bridgehead atoms. The lowest BCUT2D eigenvalue weighted by molar-refractivity contribution is -0.384. The highest BCUT2D eigenvalue weighted by Gasteiger charge is 2.30.